The van der Waals surface area contributed by atoms with E-state index in [1.54, 1.807) is 18.1 Å². The third-order valence-electron chi connectivity index (χ3n) is 5.28. The van der Waals surface area contributed by atoms with Crippen LogP contribution in [0.5, 0.6) is 5.75 Å². The molecule has 1 aliphatic rings. The molecule has 3 rings (SSSR count). The van der Waals surface area contributed by atoms with Crippen LogP contribution in [0.2, 0.25) is 0 Å². The fourth-order valence-corrected chi connectivity index (χ4v) is 3.56. The molecule has 6 nitrogen and oxygen atoms in total. The number of anilines is 1. The lowest BCUT2D eigenvalue weighted by atomic mass is 10.1. The normalized spacial score (nSPS) is 15.1. The van der Waals surface area contributed by atoms with Crippen LogP contribution in [0.3, 0.4) is 0 Å². The van der Waals surface area contributed by atoms with E-state index >= 15 is 0 Å². The Morgan fingerprint density at radius 2 is 2.00 bits per heavy atom. The molecule has 2 amide bonds. The summed E-state index contributed by atoms with van der Waals surface area (Å²) in [7, 11) is 5.61. The minimum absolute atomic E-state index is 0.0368. The second kappa shape index (κ2) is 10.1. The average Bonchev–Trinajstić information content (AvgIpc) is 3.18. The van der Waals surface area contributed by atoms with Gasteiger partial charge in [0.2, 0.25) is 11.8 Å². The molecule has 0 aliphatic carbocycles. The van der Waals surface area contributed by atoms with Crippen LogP contribution in [-0.4, -0.2) is 51.0 Å². The lowest BCUT2D eigenvalue weighted by Crippen LogP contribution is -2.33. The Kier molecular flexibility index (Phi) is 7.25. The predicted octanol–water partition coefficient (Wildman–Crippen LogP) is 3.25. The third kappa shape index (κ3) is 5.48. The first-order chi connectivity index (χ1) is 14.5. The van der Waals surface area contributed by atoms with E-state index in [4.69, 9.17) is 4.74 Å². The zero-order chi connectivity index (χ0) is 21.5. The maximum atomic E-state index is 12.3. The van der Waals surface area contributed by atoms with Crippen LogP contribution >= 0.6 is 0 Å². The summed E-state index contributed by atoms with van der Waals surface area (Å²) in [6.07, 6.45) is 4.84. The van der Waals surface area contributed by atoms with E-state index in [1.165, 1.54) is 6.08 Å². The maximum absolute atomic E-state index is 12.3. The van der Waals surface area contributed by atoms with Gasteiger partial charge in [0.15, 0.2) is 0 Å². The van der Waals surface area contributed by atoms with Gasteiger partial charge in [0.1, 0.15) is 5.75 Å². The van der Waals surface area contributed by atoms with Crippen molar-refractivity contribution in [2.45, 2.75) is 18.9 Å². The molecule has 1 unspecified atom stereocenters. The molecule has 0 radical (unpaired) electrons. The van der Waals surface area contributed by atoms with E-state index in [-0.39, 0.29) is 17.9 Å². The summed E-state index contributed by atoms with van der Waals surface area (Å²) in [6.45, 7) is 1.26. The van der Waals surface area contributed by atoms with Crippen molar-refractivity contribution in [1.82, 2.24) is 10.2 Å². The first-order valence-corrected chi connectivity index (χ1v) is 10.1. The van der Waals surface area contributed by atoms with Crippen molar-refractivity contribution in [3.05, 3.63) is 65.7 Å². The summed E-state index contributed by atoms with van der Waals surface area (Å²) < 4.78 is 5.31. The molecule has 2 aromatic rings. The number of ether oxygens (including phenoxy) is 1. The van der Waals surface area contributed by atoms with Gasteiger partial charge in [0.05, 0.1) is 13.2 Å². The van der Waals surface area contributed by atoms with Crippen LogP contribution in [0.15, 0.2) is 54.6 Å². The number of hydrogen-bond acceptors (Lipinski definition) is 4. The second-order valence-corrected chi connectivity index (χ2v) is 7.57. The highest BCUT2D eigenvalue weighted by atomic mass is 16.5. The maximum Gasteiger partial charge on any atom is 0.244 e. The fraction of sp³-hybridized carbons (Fsp3) is 0.333. The molecule has 6 heteroatoms. The molecular weight excluding hydrogens is 378 g/mol. The summed E-state index contributed by atoms with van der Waals surface area (Å²) in [5.41, 5.74) is 2.90. The van der Waals surface area contributed by atoms with Gasteiger partial charge in [-0.05, 0) is 62.0 Å². The smallest absolute Gasteiger partial charge is 0.244 e. The van der Waals surface area contributed by atoms with Crippen molar-refractivity contribution in [3.63, 3.8) is 0 Å². The van der Waals surface area contributed by atoms with Gasteiger partial charge in [-0.25, -0.2) is 0 Å². The van der Waals surface area contributed by atoms with Crippen LogP contribution < -0.4 is 15.0 Å². The molecule has 158 valence electrons. The van der Waals surface area contributed by atoms with Crippen molar-refractivity contribution < 1.29 is 14.3 Å². The molecule has 1 saturated heterocycles. The number of hydrogen-bond donors (Lipinski definition) is 1. The molecule has 30 heavy (non-hydrogen) atoms. The summed E-state index contributed by atoms with van der Waals surface area (Å²) in [5, 5.41) is 2.97. The minimum Gasteiger partial charge on any atom is -0.497 e. The summed E-state index contributed by atoms with van der Waals surface area (Å²) in [6, 6.07) is 15.6. The number of nitrogens with one attached hydrogen (secondary N) is 1. The van der Waals surface area contributed by atoms with Crippen LogP contribution in [-0.2, 0) is 9.59 Å². The van der Waals surface area contributed by atoms with Crippen molar-refractivity contribution in [2.24, 2.45) is 0 Å². The highest BCUT2D eigenvalue weighted by Gasteiger charge is 2.21. The summed E-state index contributed by atoms with van der Waals surface area (Å²) in [4.78, 5) is 28.0. The van der Waals surface area contributed by atoms with Gasteiger partial charge in [0, 0.05) is 31.3 Å². The second-order valence-electron chi connectivity index (χ2n) is 7.57. The zero-order valence-corrected chi connectivity index (χ0v) is 17.8. The number of rotatable bonds is 8. The van der Waals surface area contributed by atoms with E-state index in [0.717, 1.165) is 35.5 Å². The Balaban J connectivity index is 1.57. The molecule has 0 aromatic heterocycles. The van der Waals surface area contributed by atoms with Gasteiger partial charge in [0.25, 0.3) is 0 Å². The molecule has 1 aliphatic heterocycles. The van der Waals surface area contributed by atoms with Gasteiger partial charge in [-0.15, -0.1) is 0 Å². The van der Waals surface area contributed by atoms with Crippen molar-refractivity contribution in [2.75, 3.05) is 39.2 Å². The molecule has 1 N–H and O–H groups in total. The van der Waals surface area contributed by atoms with Crippen LogP contribution in [0.1, 0.15) is 30.0 Å². The Morgan fingerprint density at radius 1 is 1.23 bits per heavy atom. The van der Waals surface area contributed by atoms with Crippen LogP contribution in [0, 0.1) is 0 Å². The number of carbonyl (C=O) groups excluding carboxylic acids is 2. The summed E-state index contributed by atoms with van der Waals surface area (Å²) >= 11 is 0. The number of benzene rings is 2. The van der Waals surface area contributed by atoms with Gasteiger partial charge >= 0.3 is 0 Å². The molecule has 0 saturated carbocycles. The van der Waals surface area contributed by atoms with Gasteiger partial charge in [-0.1, -0.05) is 24.3 Å². The van der Waals surface area contributed by atoms with Gasteiger partial charge < -0.3 is 19.9 Å². The van der Waals surface area contributed by atoms with E-state index in [1.807, 2.05) is 62.6 Å². The highest BCUT2D eigenvalue weighted by molar-refractivity contribution is 5.95. The first kappa shape index (κ1) is 21.6. The predicted molar refractivity (Wildman–Crippen MR) is 119 cm³/mol. The topological polar surface area (TPSA) is 61.9 Å². The van der Waals surface area contributed by atoms with Crippen molar-refractivity contribution in [1.29, 1.82) is 0 Å². The van der Waals surface area contributed by atoms with Crippen LogP contribution in [0.4, 0.5) is 5.69 Å². The lowest BCUT2D eigenvalue weighted by Gasteiger charge is -2.25. The van der Waals surface area contributed by atoms with Crippen LogP contribution in [0.25, 0.3) is 6.08 Å². The molecule has 1 atom stereocenters. The standard InChI is InChI=1S/C24H29N3O3/c1-26(2)22(19-6-4-7-21(16-19)30-3)17-25-23(28)14-11-18-9-12-20(13-10-18)27-15-5-8-24(27)29/h4,6-7,9-14,16,22H,5,8,15,17H2,1-3H3,(H,25,28)/b14-11+. The average molecular weight is 408 g/mol. The number of carbonyl (C=O) groups is 2. The highest BCUT2D eigenvalue weighted by Crippen LogP contribution is 2.23. The molecule has 0 bridgehead atoms. The zero-order valence-electron chi connectivity index (χ0n) is 17.8. The molecule has 0 spiro atoms. The number of likely N-dealkylation sites (N-methyl/N-ethyl adjacent to an activating group) is 1. The Bertz CT molecular complexity index is 906. The lowest BCUT2D eigenvalue weighted by molar-refractivity contribution is -0.117. The number of nitrogens with zero attached hydrogens (tertiary/aromatic N) is 2. The van der Waals surface area contributed by atoms with Crippen molar-refractivity contribution in [3.8, 4) is 5.75 Å². The quantitative estimate of drug-likeness (QED) is 0.683. The molecule has 1 fully saturated rings. The number of amides is 2. The fourth-order valence-electron chi connectivity index (χ4n) is 3.56. The summed E-state index contributed by atoms with van der Waals surface area (Å²) in [5.74, 6) is 0.817. The van der Waals surface area contributed by atoms with Gasteiger partial charge in [-0.3, -0.25) is 9.59 Å². The van der Waals surface area contributed by atoms with E-state index in [2.05, 4.69) is 10.2 Å². The SMILES string of the molecule is COc1cccc(C(CNC(=O)/C=C/c2ccc(N3CCCC3=O)cc2)N(C)C)c1. The molecule has 2 aromatic carbocycles. The van der Waals surface area contributed by atoms with E-state index < -0.39 is 0 Å². The largest absolute Gasteiger partial charge is 0.497 e. The van der Waals surface area contributed by atoms with Gasteiger partial charge in [-0.2, -0.15) is 0 Å². The van der Waals surface area contributed by atoms with E-state index in [0.29, 0.717) is 13.0 Å². The third-order valence-corrected chi connectivity index (χ3v) is 5.28. The molecular formula is C24H29N3O3. The first-order valence-electron chi connectivity index (χ1n) is 10.1. The Morgan fingerprint density at radius 3 is 2.63 bits per heavy atom. The number of methoxy groups -OCH3 is 1. The monoisotopic (exact) mass is 407 g/mol. The van der Waals surface area contributed by atoms with Crippen molar-refractivity contribution >= 4 is 23.6 Å². The molecule has 1 heterocycles. The Hall–Kier alpha value is -3.12. The minimum atomic E-state index is -0.149. The Labute approximate surface area is 178 Å². The van der Waals surface area contributed by atoms with E-state index in [9.17, 15) is 9.59 Å².